The van der Waals surface area contributed by atoms with Gasteiger partial charge in [0.05, 0.1) is 6.20 Å². The molecule has 2 atom stereocenters. The van der Waals surface area contributed by atoms with E-state index in [-0.39, 0.29) is 18.1 Å². The zero-order chi connectivity index (χ0) is 17.9. The van der Waals surface area contributed by atoms with E-state index in [0.717, 1.165) is 18.6 Å². The third kappa shape index (κ3) is 3.45. The molecule has 0 radical (unpaired) electrons. The third-order valence-electron chi connectivity index (χ3n) is 4.78. The van der Waals surface area contributed by atoms with E-state index in [1.807, 2.05) is 48.2 Å². The van der Waals surface area contributed by atoms with Gasteiger partial charge in [0.1, 0.15) is 18.0 Å². The Morgan fingerprint density at radius 2 is 1.85 bits per heavy atom. The van der Waals surface area contributed by atoms with Crippen LogP contribution in [0.2, 0.25) is 0 Å². The fraction of sp³-hybridized carbons (Fsp3) is 0.400. The summed E-state index contributed by atoms with van der Waals surface area (Å²) in [5.74, 6) is 2.06. The lowest BCUT2D eigenvalue weighted by Crippen LogP contribution is -2.53. The molecule has 1 amide bonds. The molecule has 26 heavy (non-hydrogen) atoms. The predicted octanol–water partition coefficient (Wildman–Crippen LogP) is 2.68. The van der Waals surface area contributed by atoms with E-state index in [0.29, 0.717) is 24.6 Å². The number of likely N-dealkylation sites (tertiary alicyclic amines) is 1. The number of piperidine rings is 1. The minimum absolute atomic E-state index is 0.0215. The van der Waals surface area contributed by atoms with Crippen LogP contribution >= 0.6 is 0 Å². The number of carbonyl (C=O) groups excluding carboxylic acids is 1. The summed E-state index contributed by atoms with van der Waals surface area (Å²) < 4.78 is 17.7. The fourth-order valence-electron chi connectivity index (χ4n) is 3.37. The van der Waals surface area contributed by atoms with Crippen molar-refractivity contribution in [1.29, 1.82) is 0 Å². The minimum Gasteiger partial charge on any atom is -0.489 e. The monoisotopic (exact) mass is 354 g/mol. The van der Waals surface area contributed by atoms with Crippen LogP contribution in [-0.4, -0.2) is 47.2 Å². The van der Waals surface area contributed by atoms with Gasteiger partial charge < -0.3 is 19.1 Å². The number of rotatable bonds is 3. The van der Waals surface area contributed by atoms with Crippen LogP contribution in [0.4, 0.5) is 0 Å². The van der Waals surface area contributed by atoms with Crippen molar-refractivity contribution in [2.24, 2.45) is 0 Å². The van der Waals surface area contributed by atoms with Crippen LogP contribution in [0.25, 0.3) is 0 Å². The van der Waals surface area contributed by atoms with E-state index in [9.17, 15) is 4.79 Å². The maximum atomic E-state index is 12.9. The molecule has 0 N–H and O–H groups in total. The molecule has 1 aromatic carbocycles. The van der Waals surface area contributed by atoms with Crippen LogP contribution in [0, 0.1) is 0 Å². The Morgan fingerprint density at radius 1 is 1.12 bits per heavy atom. The molecule has 2 aromatic rings. The first-order valence-corrected chi connectivity index (χ1v) is 8.98. The molecule has 2 aliphatic rings. The van der Waals surface area contributed by atoms with Crippen molar-refractivity contribution >= 4 is 5.91 Å². The standard InChI is InChI=1S/C20H22N2O4/c1-14-19(26-18-7-3-2-6-17(18)24-14)20(23)22-11-8-15(9-12-22)25-16-5-4-10-21-13-16/h2-7,10,13-15,19H,8-9,11-12H2,1H3/t14-,19+/m0/s1. The van der Waals surface area contributed by atoms with Crippen molar-refractivity contribution in [3.63, 3.8) is 0 Å². The summed E-state index contributed by atoms with van der Waals surface area (Å²) in [6.45, 7) is 3.17. The molecule has 0 bridgehead atoms. The Balaban J connectivity index is 1.35. The van der Waals surface area contributed by atoms with Gasteiger partial charge in [0.25, 0.3) is 5.91 Å². The second-order valence-electron chi connectivity index (χ2n) is 6.64. The van der Waals surface area contributed by atoms with Gasteiger partial charge in [0.2, 0.25) is 6.10 Å². The third-order valence-corrected chi connectivity index (χ3v) is 4.78. The van der Waals surface area contributed by atoms with Gasteiger partial charge in [-0.2, -0.15) is 0 Å². The molecule has 136 valence electrons. The van der Waals surface area contributed by atoms with Gasteiger partial charge in [-0.1, -0.05) is 12.1 Å². The number of fused-ring (bicyclic) bond motifs is 1. The van der Waals surface area contributed by atoms with E-state index >= 15 is 0 Å². The Bertz CT molecular complexity index is 759. The summed E-state index contributed by atoms with van der Waals surface area (Å²) in [5, 5.41) is 0. The molecule has 3 heterocycles. The summed E-state index contributed by atoms with van der Waals surface area (Å²) >= 11 is 0. The van der Waals surface area contributed by atoms with Crippen LogP contribution in [-0.2, 0) is 4.79 Å². The fourth-order valence-corrected chi connectivity index (χ4v) is 3.37. The largest absolute Gasteiger partial charge is 0.489 e. The number of hydrogen-bond donors (Lipinski definition) is 0. The zero-order valence-electron chi connectivity index (χ0n) is 14.7. The van der Waals surface area contributed by atoms with Crippen LogP contribution in [0.1, 0.15) is 19.8 Å². The maximum Gasteiger partial charge on any atom is 0.267 e. The number of aromatic nitrogens is 1. The normalized spacial score (nSPS) is 22.7. The molecule has 1 aromatic heterocycles. The average molecular weight is 354 g/mol. The van der Waals surface area contributed by atoms with Crippen molar-refractivity contribution in [3.8, 4) is 17.2 Å². The molecule has 1 fully saturated rings. The Kier molecular flexibility index (Phi) is 4.65. The van der Waals surface area contributed by atoms with E-state index in [4.69, 9.17) is 14.2 Å². The second kappa shape index (κ2) is 7.23. The van der Waals surface area contributed by atoms with Crippen molar-refractivity contribution in [2.75, 3.05) is 13.1 Å². The highest BCUT2D eigenvalue weighted by Crippen LogP contribution is 2.34. The molecule has 6 nitrogen and oxygen atoms in total. The number of ether oxygens (including phenoxy) is 3. The van der Waals surface area contributed by atoms with E-state index in [1.165, 1.54) is 0 Å². The maximum absolute atomic E-state index is 12.9. The number of benzene rings is 1. The first-order chi connectivity index (χ1) is 12.7. The van der Waals surface area contributed by atoms with Gasteiger partial charge in [-0.15, -0.1) is 0 Å². The van der Waals surface area contributed by atoms with Crippen LogP contribution in [0.3, 0.4) is 0 Å². The zero-order valence-corrected chi connectivity index (χ0v) is 14.7. The van der Waals surface area contributed by atoms with Crippen LogP contribution in [0.5, 0.6) is 17.2 Å². The number of nitrogens with zero attached hydrogens (tertiary/aromatic N) is 2. The van der Waals surface area contributed by atoms with Gasteiger partial charge >= 0.3 is 0 Å². The molecular weight excluding hydrogens is 332 g/mol. The number of amides is 1. The van der Waals surface area contributed by atoms with Crippen molar-refractivity contribution in [3.05, 3.63) is 48.8 Å². The molecule has 4 rings (SSSR count). The van der Waals surface area contributed by atoms with Gasteiger partial charge in [-0.25, -0.2) is 0 Å². The van der Waals surface area contributed by atoms with Crippen LogP contribution in [0.15, 0.2) is 48.8 Å². The van der Waals surface area contributed by atoms with E-state index < -0.39 is 6.10 Å². The SMILES string of the molecule is C[C@@H]1Oc2ccccc2O[C@H]1C(=O)N1CCC(Oc2cccnc2)CC1. The molecule has 1 saturated heterocycles. The summed E-state index contributed by atoms with van der Waals surface area (Å²) in [6, 6.07) is 11.2. The molecular formula is C20H22N2O4. The summed E-state index contributed by atoms with van der Waals surface area (Å²) in [7, 11) is 0. The molecule has 0 unspecified atom stereocenters. The van der Waals surface area contributed by atoms with Gasteiger partial charge in [0, 0.05) is 32.1 Å². The van der Waals surface area contributed by atoms with Crippen molar-refractivity contribution in [2.45, 2.75) is 38.1 Å². The highest BCUT2D eigenvalue weighted by molar-refractivity contribution is 5.82. The summed E-state index contributed by atoms with van der Waals surface area (Å²) in [4.78, 5) is 18.8. The molecule has 2 aliphatic heterocycles. The highest BCUT2D eigenvalue weighted by atomic mass is 16.6. The Labute approximate surface area is 152 Å². The quantitative estimate of drug-likeness (QED) is 0.848. The van der Waals surface area contributed by atoms with Gasteiger partial charge in [-0.3, -0.25) is 9.78 Å². The molecule has 0 aliphatic carbocycles. The minimum atomic E-state index is -0.610. The highest BCUT2D eigenvalue weighted by Gasteiger charge is 2.38. The van der Waals surface area contributed by atoms with Crippen molar-refractivity contribution < 1.29 is 19.0 Å². The lowest BCUT2D eigenvalue weighted by molar-refractivity contribution is -0.146. The number of hydrogen-bond acceptors (Lipinski definition) is 5. The first kappa shape index (κ1) is 16.7. The van der Waals surface area contributed by atoms with Crippen molar-refractivity contribution in [1.82, 2.24) is 9.88 Å². The second-order valence-corrected chi connectivity index (χ2v) is 6.64. The summed E-state index contributed by atoms with van der Waals surface area (Å²) in [6.07, 6.45) is 4.19. The Hall–Kier alpha value is -2.76. The number of pyridine rings is 1. The number of carbonyl (C=O) groups is 1. The van der Waals surface area contributed by atoms with E-state index in [1.54, 1.807) is 12.4 Å². The average Bonchev–Trinajstić information content (AvgIpc) is 2.68. The molecule has 6 heteroatoms. The molecule has 0 saturated carbocycles. The topological polar surface area (TPSA) is 60.9 Å². The van der Waals surface area contributed by atoms with Gasteiger partial charge in [-0.05, 0) is 31.2 Å². The lowest BCUT2D eigenvalue weighted by Gasteiger charge is -2.37. The molecule has 0 spiro atoms. The smallest absolute Gasteiger partial charge is 0.267 e. The summed E-state index contributed by atoms with van der Waals surface area (Å²) in [5.41, 5.74) is 0. The van der Waals surface area contributed by atoms with Crippen LogP contribution < -0.4 is 14.2 Å². The van der Waals surface area contributed by atoms with Gasteiger partial charge in [0.15, 0.2) is 11.5 Å². The number of para-hydroxylation sites is 2. The lowest BCUT2D eigenvalue weighted by atomic mass is 10.1. The predicted molar refractivity (Wildman–Crippen MR) is 95.4 cm³/mol. The van der Waals surface area contributed by atoms with E-state index in [2.05, 4.69) is 4.98 Å². The Morgan fingerprint density at radius 3 is 2.54 bits per heavy atom. The first-order valence-electron chi connectivity index (χ1n) is 8.98.